The topological polar surface area (TPSA) is 96.3 Å². The molecule has 0 aliphatic heterocycles. The second-order valence-electron chi connectivity index (χ2n) is 6.56. The van der Waals surface area contributed by atoms with Crippen LogP contribution in [0.25, 0.3) is 6.08 Å². The van der Waals surface area contributed by atoms with Crippen molar-refractivity contribution >= 4 is 50.4 Å². The Morgan fingerprint density at radius 1 is 1.06 bits per heavy atom. The van der Waals surface area contributed by atoms with Crippen LogP contribution in [0.1, 0.15) is 11.1 Å². The third-order valence-electron chi connectivity index (χ3n) is 4.13. The van der Waals surface area contributed by atoms with Gasteiger partial charge < -0.3 is 9.50 Å². The molecule has 0 saturated carbocycles. The Hall–Kier alpha value is -3.16. The van der Waals surface area contributed by atoms with Gasteiger partial charge in [-0.1, -0.05) is 35.9 Å². The minimum atomic E-state index is -4.01. The zero-order chi connectivity index (χ0) is 22.4. The van der Waals surface area contributed by atoms with Gasteiger partial charge in [-0.3, -0.25) is 4.79 Å². The molecular weight excluding hydrogens is 527 g/mol. The SMILES string of the molecule is Cc1ccc(S(=O)(=O)Oc2cccc(/C=C(\C#N)C(=O)Nc3cccc(I)c3)c2)cc1. The van der Waals surface area contributed by atoms with Crippen molar-refractivity contribution in [3.8, 4) is 11.8 Å². The van der Waals surface area contributed by atoms with Gasteiger partial charge in [0.15, 0.2) is 0 Å². The van der Waals surface area contributed by atoms with Crippen molar-refractivity contribution in [3.63, 3.8) is 0 Å². The molecule has 0 fully saturated rings. The predicted molar refractivity (Wildman–Crippen MR) is 127 cm³/mol. The number of nitrogens with zero attached hydrogens (tertiary/aromatic N) is 1. The smallest absolute Gasteiger partial charge is 0.339 e. The molecular formula is C23H17IN2O4S. The standard InChI is InChI=1S/C23H17IN2O4S/c1-16-8-10-22(11-9-16)31(28,29)30-21-7-2-4-17(13-21)12-18(15-25)23(27)26-20-6-3-5-19(24)14-20/h2-14H,1H3,(H,26,27)/b18-12+. The fourth-order valence-electron chi connectivity index (χ4n) is 2.62. The van der Waals surface area contributed by atoms with Crippen LogP contribution in [0.2, 0.25) is 0 Å². The summed E-state index contributed by atoms with van der Waals surface area (Å²) >= 11 is 2.12. The van der Waals surface area contributed by atoms with Gasteiger partial charge in [-0.05, 0) is 83.6 Å². The molecule has 0 spiro atoms. The summed E-state index contributed by atoms with van der Waals surface area (Å²) in [6, 6.07) is 21.5. The van der Waals surface area contributed by atoms with Gasteiger partial charge in [0.25, 0.3) is 5.91 Å². The van der Waals surface area contributed by atoms with E-state index >= 15 is 0 Å². The first kappa shape index (κ1) is 22.5. The highest BCUT2D eigenvalue weighted by Gasteiger charge is 2.17. The highest BCUT2D eigenvalue weighted by atomic mass is 127. The van der Waals surface area contributed by atoms with Crippen LogP contribution in [-0.2, 0) is 14.9 Å². The van der Waals surface area contributed by atoms with E-state index in [4.69, 9.17) is 4.18 Å². The minimum absolute atomic E-state index is 0.0358. The van der Waals surface area contributed by atoms with Crippen molar-refractivity contribution in [2.45, 2.75) is 11.8 Å². The molecule has 0 atom stereocenters. The number of nitrogens with one attached hydrogen (secondary N) is 1. The van der Waals surface area contributed by atoms with Crippen molar-refractivity contribution in [2.75, 3.05) is 5.32 Å². The fraction of sp³-hybridized carbons (Fsp3) is 0.0435. The lowest BCUT2D eigenvalue weighted by Gasteiger charge is -2.08. The van der Waals surface area contributed by atoms with Crippen LogP contribution in [0.3, 0.4) is 0 Å². The molecule has 1 amide bonds. The number of hydrogen-bond acceptors (Lipinski definition) is 5. The molecule has 0 saturated heterocycles. The molecule has 31 heavy (non-hydrogen) atoms. The van der Waals surface area contributed by atoms with Gasteiger partial charge in [0.2, 0.25) is 0 Å². The van der Waals surface area contributed by atoms with E-state index in [-0.39, 0.29) is 16.2 Å². The highest BCUT2D eigenvalue weighted by molar-refractivity contribution is 14.1. The summed E-state index contributed by atoms with van der Waals surface area (Å²) in [6.07, 6.45) is 1.37. The number of anilines is 1. The Bertz CT molecular complexity index is 1290. The third kappa shape index (κ3) is 6.16. The Labute approximate surface area is 194 Å². The first-order valence-electron chi connectivity index (χ1n) is 9.07. The van der Waals surface area contributed by atoms with E-state index in [1.54, 1.807) is 42.5 Å². The third-order valence-corrected chi connectivity index (χ3v) is 6.06. The van der Waals surface area contributed by atoms with Crippen LogP contribution in [0, 0.1) is 21.8 Å². The van der Waals surface area contributed by atoms with Crippen molar-refractivity contribution in [1.82, 2.24) is 0 Å². The normalized spacial score (nSPS) is 11.5. The zero-order valence-corrected chi connectivity index (χ0v) is 19.3. The van der Waals surface area contributed by atoms with Crippen LogP contribution >= 0.6 is 22.6 Å². The molecule has 6 nitrogen and oxygen atoms in total. The van der Waals surface area contributed by atoms with Crippen LogP contribution < -0.4 is 9.50 Å². The number of rotatable bonds is 6. The van der Waals surface area contributed by atoms with Gasteiger partial charge >= 0.3 is 10.1 Å². The van der Waals surface area contributed by atoms with Gasteiger partial charge in [0.1, 0.15) is 22.3 Å². The average Bonchev–Trinajstić information content (AvgIpc) is 2.72. The summed E-state index contributed by atoms with van der Waals surface area (Å²) in [5.74, 6) is -0.493. The number of carbonyl (C=O) groups excluding carboxylic acids is 1. The maximum Gasteiger partial charge on any atom is 0.339 e. The molecule has 0 bridgehead atoms. The fourth-order valence-corrected chi connectivity index (χ4v) is 4.08. The monoisotopic (exact) mass is 544 g/mol. The second-order valence-corrected chi connectivity index (χ2v) is 9.35. The van der Waals surface area contributed by atoms with E-state index in [1.165, 1.54) is 30.3 Å². The number of amides is 1. The van der Waals surface area contributed by atoms with Crippen LogP contribution in [0.4, 0.5) is 5.69 Å². The second kappa shape index (κ2) is 9.76. The maximum atomic E-state index is 12.5. The van der Waals surface area contributed by atoms with Gasteiger partial charge in [0, 0.05) is 9.26 Å². The van der Waals surface area contributed by atoms with E-state index in [9.17, 15) is 18.5 Å². The van der Waals surface area contributed by atoms with E-state index < -0.39 is 16.0 Å². The highest BCUT2D eigenvalue weighted by Crippen LogP contribution is 2.22. The van der Waals surface area contributed by atoms with Crippen molar-refractivity contribution in [2.24, 2.45) is 0 Å². The van der Waals surface area contributed by atoms with E-state index in [0.717, 1.165) is 9.13 Å². The summed E-state index contributed by atoms with van der Waals surface area (Å²) in [6.45, 7) is 1.86. The first-order valence-corrected chi connectivity index (χ1v) is 11.6. The number of aryl methyl sites for hydroxylation is 1. The molecule has 8 heteroatoms. The molecule has 0 unspecified atom stereocenters. The minimum Gasteiger partial charge on any atom is -0.379 e. The summed E-state index contributed by atoms with van der Waals surface area (Å²) in [7, 11) is -4.01. The molecule has 0 aliphatic rings. The van der Waals surface area contributed by atoms with Crippen LogP contribution in [-0.4, -0.2) is 14.3 Å². The van der Waals surface area contributed by atoms with Crippen molar-refractivity contribution < 1.29 is 17.4 Å². The lowest BCUT2D eigenvalue weighted by atomic mass is 10.1. The predicted octanol–water partition coefficient (Wildman–Crippen LogP) is 4.91. The number of nitriles is 1. The largest absolute Gasteiger partial charge is 0.379 e. The summed E-state index contributed by atoms with van der Waals surface area (Å²) in [4.78, 5) is 12.5. The van der Waals surface area contributed by atoms with E-state index in [0.29, 0.717) is 11.3 Å². The lowest BCUT2D eigenvalue weighted by molar-refractivity contribution is -0.112. The van der Waals surface area contributed by atoms with Gasteiger partial charge in [-0.2, -0.15) is 13.7 Å². The summed E-state index contributed by atoms with van der Waals surface area (Å²) in [5.41, 5.74) is 1.82. The molecule has 156 valence electrons. The Morgan fingerprint density at radius 3 is 2.45 bits per heavy atom. The van der Waals surface area contributed by atoms with Crippen LogP contribution in [0.5, 0.6) is 5.75 Å². The summed E-state index contributed by atoms with van der Waals surface area (Å²) in [5, 5.41) is 12.1. The van der Waals surface area contributed by atoms with E-state index in [1.807, 2.05) is 19.1 Å². The van der Waals surface area contributed by atoms with Gasteiger partial charge in [-0.25, -0.2) is 0 Å². The van der Waals surface area contributed by atoms with Crippen molar-refractivity contribution in [3.05, 3.63) is 93.1 Å². The lowest BCUT2D eigenvalue weighted by Crippen LogP contribution is -2.13. The number of hydrogen-bond donors (Lipinski definition) is 1. The molecule has 0 aromatic heterocycles. The molecule has 0 heterocycles. The van der Waals surface area contributed by atoms with Gasteiger partial charge in [-0.15, -0.1) is 0 Å². The quantitative estimate of drug-likeness (QED) is 0.206. The van der Waals surface area contributed by atoms with E-state index in [2.05, 4.69) is 27.9 Å². The molecule has 0 radical (unpaired) electrons. The molecule has 3 rings (SSSR count). The number of halogens is 1. The average molecular weight is 544 g/mol. The molecule has 0 aliphatic carbocycles. The number of benzene rings is 3. The Morgan fingerprint density at radius 2 is 1.77 bits per heavy atom. The zero-order valence-electron chi connectivity index (χ0n) is 16.4. The Balaban J connectivity index is 1.81. The summed E-state index contributed by atoms with van der Waals surface area (Å²) < 4.78 is 31.1. The van der Waals surface area contributed by atoms with Gasteiger partial charge in [0.05, 0.1) is 0 Å². The maximum absolute atomic E-state index is 12.5. The van der Waals surface area contributed by atoms with Crippen LogP contribution in [0.15, 0.2) is 83.3 Å². The van der Waals surface area contributed by atoms with Crippen molar-refractivity contribution in [1.29, 1.82) is 5.26 Å². The molecule has 3 aromatic rings. The first-order chi connectivity index (χ1) is 14.8. The number of carbonyl (C=O) groups is 1. The molecule has 1 N–H and O–H groups in total. The molecule has 3 aromatic carbocycles. The Kier molecular flexibility index (Phi) is 7.09.